The summed E-state index contributed by atoms with van der Waals surface area (Å²) in [5, 5.41) is 8.11. The second-order valence-electron chi connectivity index (χ2n) is 6.12. The first-order valence-corrected chi connectivity index (χ1v) is 9.31. The van der Waals surface area contributed by atoms with E-state index in [1.807, 2.05) is 0 Å². The minimum atomic E-state index is -0.557. The largest absolute Gasteiger partial charge is 0.319 e. The molecule has 1 aromatic heterocycles. The van der Waals surface area contributed by atoms with E-state index in [-0.39, 0.29) is 5.82 Å². The van der Waals surface area contributed by atoms with Gasteiger partial charge in [-0.05, 0) is 66.7 Å². The van der Waals surface area contributed by atoms with E-state index in [0.717, 1.165) is 5.56 Å². The molecular formula is C21H13Cl2FN4O. The maximum absolute atomic E-state index is 13.4. The van der Waals surface area contributed by atoms with Crippen LogP contribution in [0.15, 0.2) is 72.8 Å². The Morgan fingerprint density at radius 1 is 0.931 bits per heavy atom. The Bertz CT molecular complexity index is 1110. The molecule has 0 fully saturated rings. The molecule has 0 aliphatic carbocycles. The van der Waals surface area contributed by atoms with Gasteiger partial charge in [0.2, 0.25) is 5.82 Å². The Labute approximate surface area is 175 Å². The number of carbonyl (C=O) groups excluding carboxylic acids is 1. The van der Waals surface area contributed by atoms with Gasteiger partial charge in [-0.3, -0.25) is 4.79 Å². The third kappa shape index (κ3) is 4.29. The molecule has 0 unspecified atom stereocenters. The maximum Gasteiger partial charge on any atom is 0.295 e. The van der Waals surface area contributed by atoms with Gasteiger partial charge in [-0.15, -0.1) is 5.10 Å². The lowest BCUT2D eigenvalue weighted by Crippen LogP contribution is -2.14. The summed E-state index contributed by atoms with van der Waals surface area (Å²) in [7, 11) is 0. The summed E-state index contributed by atoms with van der Waals surface area (Å²) < 4.78 is 14.9. The van der Waals surface area contributed by atoms with Gasteiger partial charge in [-0.2, -0.15) is 0 Å². The zero-order valence-corrected chi connectivity index (χ0v) is 16.3. The van der Waals surface area contributed by atoms with Crippen molar-refractivity contribution in [3.8, 4) is 17.1 Å². The summed E-state index contributed by atoms with van der Waals surface area (Å²) >= 11 is 12.0. The molecule has 144 valence electrons. The van der Waals surface area contributed by atoms with Crippen LogP contribution in [0, 0.1) is 5.82 Å². The molecule has 0 atom stereocenters. The molecule has 0 saturated carbocycles. The number of nitrogens with one attached hydrogen (secondary N) is 1. The Morgan fingerprint density at radius 3 is 2.24 bits per heavy atom. The number of anilines is 1. The fourth-order valence-corrected chi connectivity index (χ4v) is 2.96. The Balaban J connectivity index is 1.75. The lowest BCUT2D eigenvalue weighted by Gasteiger charge is -2.06. The van der Waals surface area contributed by atoms with Gasteiger partial charge >= 0.3 is 0 Å². The number of halogens is 3. The highest BCUT2D eigenvalue weighted by atomic mass is 35.5. The average Bonchev–Trinajstić information content (AvgIpc) is 3.15. The number of nitrogens with zero attached hydrogens (tertiary/aromatic N) is 3. The smallest absolute Gasteiger partial charge is 0.295 e. The Kier molecular flexibility index (Phi) is 5.29. The van der Waals surface area contributed by atoms with Crippen LogP contribution in [-0.2, 0) is 0 Å². The highest BCUT2D eigenvalue weighted by Crippen LogP contribution is 2.24. The highest BCUT2D eigenvalue weighted by Gasteiger charge is 2.19. The molecule has 0 saturated heterocycles. The molecule has 0 spiro atoms. The number of benzene rings is 3. The van der Waals surface area contributed by atoms with E-state index in [0.29, 0.717) is 27.2 Å². The lowest BCUT2D eigenvalue weighted by atomic mass is 10.2. The number of aromatic nitrogens is 3. The summed E-state index contributed by atoms with van der Waals surface area (Å²) in [4.78, 5) is 17.0. The minimum Gasteiger partial charge on any atom is -0.319 e. The molecule has 4 rings (SSSR count). The molecule has 1 amide bonds. The third-order valence-electron chi connectivity index (χ3n) is 4.07. The van der Waals surface area contributed by atoms with Crippen molar-refractivity contribution in [2.45, 2.75) is 0 Å². The van der Waals surface area contributed by atoms with Gasteiger partial charge in [0.1, 0.15) is 5.82 Å². The van der Waals surface area contributed by atoms with Crippen LogP contribution in [0.4, 0.5) is 10.1 Å². The molecule has 1 N–H and O–H groups in total. The van der Waals surface area contributed by atoms with Gasteiger partial charge in [0.15, 0.2) is 5.82 Å². The average molecular weight is 427 g/mol. The molecule has 29 heavy (non-hydrogen) atoms. The number of rotatable bonds is 4. The monoisotopic (exact) mass is 426 g/mol. The number of carbonyl (C=O) groups is 1. The van der Waals surface area contributed by atoms with Crippen LogP contribution in [0.25, 0.3) is 17.1 Å². The van der Waals surface area contributed by atoms with Crippen molar-refractivity contribution in [3.05, 3.63) is 94.5 Å². The van der Waals surface area contributed by atoms with Crippen molar-refractivity contribution in [1.29, 1.82) is 0 Å². The number of hydrogen-bond donors (Lipinski definition) is 1. The number of hydrogen-bond acceptors (Lipinski definition) is 3. The van der Waals surface area contributed by atoms with E-state index < -0.39 is 11.7 Å². The molecule has 4 aromatic rings. The maximum atomic E-state index is 13.4. The molecule has 0 aliphatic heterocycles. The zero-order valence-electron chi connectivity index (χ0n) is 14.8. The molecule has 8 heteroatoms. The van der Waals surface area contributed by atoms with Gasteiger partial charge < -0.3 is 5.32 Å². The van der Waals surface area contributed by atoms with Gasteiger partial charge in [0, 0.05) is 21.3 Å². The summed E-state index contributed by atoms with van der Waals surface area (Å²) in [6.45, 7) is 0. The van der Waals surface area contributed by atoms with Crippen molar-refractivity contribution in [2.75, 3.05) is 5.32 Å². The van der Waals surface area contributed by atoms with Crippen molar-refractivity contribution in [3.63, 3.8) is 0 Å². The summed E-state index contributed by atoms with van der Waals surface area (Å²) in [6, 6.07) is 19.6. The predicted molar refractivity (Wildman–Crippen MR) is 111 cm³/mol. The van der Waals surface area contributed by atoms with Crippen LogP contribution >= 0.6 is 23.2 Å². The van der Waals surface area contributed by atoms with E-state index in [2.05, 4.69) is 15.4 Å². The zero-order chi connectivity index (χ0) is 20.4. The first-order chi connectivity index (χ1) is 14.0. The minimum absolute atomic E-state index is 0.0610. The second kappa shape index (κ2) is 8.03. The normalized spacial score (nSPS) is 10.7. The van der Waals surface area contributed by atoms with Crippen LogP contribution in [0.3, 0.4) is 0 Å². The van der Waals surface area contributed by atoms with Crippen molar-refractivity contribution < 1.29 is 9.18 Å². The molecule has 0 aliphatic rings. The van der Waals surface area contributed by atoms with Crippen LogP contribution in [0.1, 0.15) is 10.6 Å². The summed E-state index contributed by atoms with van der Waals surface area (Å²) in [5.41, 5.74) is 1.71. The fraction of sp³-hybridized carbons (Fsp3) is 0. The van der Waals surface area contributed by atoms with E-state index in [9.17, 15) is 9.18 Å². The van der Waals surface area contributed by atoms with E-state index in [1.54, 1.807) is 59.3 Å². The summed E-state index contributed by atoms with van der Waals surface area (Å²) in [6.07, 6.45) is 0. The van der Waals surface area contributed by atoms with Crippen molar-refractivity contribution in [2.24, 2.45) is 0 Å². The first kappa shape index (κ1) is 19.1. The third-order valence-corrected chi connectivity index (χ3v) is 4.57. The SMILES string of the molecule is O=C(Nc1cccc(F)c1)c1nc(-c2ccc(Cl)cc2)n(-c2ccc(Cl)cc2)n1. The fourth-order valence-electron chi connectivity index (χ4n) is 2.71. The van der Waals surface area contributed by atoms with Gasteiger partial charge in [0.25, 0.3) is 5.91 Å². The van der Waals surface area contributed by atoms with Crippen molar-refractivity contribution >= 4 is 34.8 Å². The topological polar surface area (TPSA) is 59.8 Å². The van der Waals surface area contributed by atoms with Crippen LogP contribution in [-0.4, -0.2) is 20.7 Å². The predicted octanol–water partition coefficient (Wildman–Crippen LogP) is 5.63. The van der Waals surface area contributed by atoms with E-state index >= 15 is 0 Å². The van der Waals surface area contributed by atoms with Gasteiger partial charge in [-0.25, -0.2) is 14.1 Å². The standard InChI is InChI=1S/C21H13Cl2FN4O/c22-14-6-4-13(5-7-14)20-26-19(21(29)25-17-3-1-2-16(24)12-17)27-28(20)18-10-8-15(23)9-11-18/h1-12H,(H,25,29). The highest BCUT2D eigenvalue weighted by molar-refractivity contribution is 6.30. The van der Waals surface area contributed by atoms with E-state index in [4.69, 9.17) is 23.2 Å². The van der Waals surface area contributed by atoms with Crippen LogP contribution in [0.2, 0.25) is 10.0 Å². The Morgan fingerprint density at radius 2 is 1.59 bits per heavy atom. The lowest BCUT2D eigenvalue weighted by molar-refractivity contribution is 0.101. The second-order valence-corrected chi connectivity index (χ2v) is 6.99. The van der Waals surface area contributed by atoms with Gasteiger partial charge in [0.05, 0.1) is 5.69 Å². The quantitative estimate of drug-likeness (QED) is 0.459. The Hall–Kier alpha value is -3.22. The summed E-state index contributed by atoms with van der Waals surface area (Å²) in [5.74, 6) is -0.620. The van der Waals surface area contributed by atoms with Gasteiger partial charge in [-0.1, -0.05) is 29.3 Å². The van der Waals surface area contributed by atoms with E-state index in [1.165, 1.54) is 18.2 Å². The molecule has 0 bridgehead atoms. The van der Waals surface area contributed by atoms with Crippen LogP contribution in [0.5, 0.6) is 0 Å². The molecule has 1 heterocycles. The van der Waals surface area contributed by atoms with Crippen LogP contribution < -0.4 is 5.32 Å². The number of amides is 1. The molecule has 0 radical (unpaired) electrons. The molecule has 3 aromatic carbocycles. The molecule has 5 nitrogen and oxygen atoms in total. The first-order valence-electron chi connectivity index (χ1n) is 8.55. The van der Waals surface area contributed by atoms with Crippen molar-refractivity contribution in [1.82, 2.24) is 14.8 Å². The molecular weight excluding hydrogens is 414 g/mol.